The zero-order valence-electron chi connectivity index (χ0n) is 21.0. The monoisotopic (exact) mass is 545 g/mol. The molecule has 11 heteroatoms. The third-order valence-corrected chi connectivity index (χ3v) is 7.25. The lowest BCUT2D eigenvalue weighted by Gasteiger charge is -2.27. The van der Waals surface area contributed by atoms with Gasteiger partial charge in [-0.05, 0) is 50.6 Å². The number of fused-ring (bicyclic) bond motifs is 1. The van der Waals surface area contributed by atoms with Crippen LogP contribution >= 0.6 is 11.8 Å². The standard InChI is InChI=1S/C27H26F3N3O4S/c1-26(2,3)37-25(36)32-20-14-38-23-10-19(28)18(22(34)8-17-11-27(17,29)30)9-21(23)33(24(20)35)13-16-6-4-15(12-31)5-7-16/h4-7,9-10,17,20H,8,11,13-14H2,1-3H3,(H,32,36)/t17?,20-/m0/s1. The number of thioether (sulfide) groups is 1. The number of rotatable bonds is 6. The van der Waals surface area contributed by atoms with Crippen LogP contribution in [0, 0.1) is 23.1 Å². The Morgan fingerprint density at radius 3 is 2.47 bits per heavy atom. The zero-order valence-corrected chi connectivity index (χ0v) is 21.8. The number of ketones is 1. The van der Waals surface area contributed by atoms with Crippen LogP contribution in [0.2, 0.25) is 0 Å². The predicted octanol–water partition coefficient (Wildman–Crippen LogP) is 5.46. The summed E-state index contributed by atoms with van der Waals surface area (Å²) in [4.78, 5) is 40.6. The first-order valence-electron chi connectivity index (χ1n) is 11.9. The highest BCUT2D eigenvalue weighted by Gasteiger charge is 2.57. The lowest BCUT2D eigenvalue weighted by Crippen LogP contribution is -2.50. The van der Waals surface area contributed by atoms with Gasteiger partial charge in [0.2, 0.25) is 0 Å². The van der Waals surface area contributed by atoms with Crippen molar-refractivity contribution < 1.29 is 32.3 Å². The molecule has 7 nitrogen and oxygen atoms in total. The van der Waals surface area contributed by atoms with Crippen LogP contribution in [0.5, 0.6) is 0 Å². The lowest BCUT2D eigenvalue weighted by molar-refractivity contribution is -0.120. The van der Waals surface area contributed by atoms with Gasteiger partial charge in [-0.3, -0.25) is 9.59 Å². The highest BCUT2D eigenvalue weighted by atomic mass is 32.2. The van der Waals surface area contributed by atoms with Crippen molar-refractivity contribution in [3.8, 4) is 6.07 Å². The number of amides is 2. The molecule has 1 aliphatic carbocycles. The van der Waals surface area contributed by atoms with Crippen LogP contribution in [0.25, 0.3) is 0 Å². The highest BCUT2D eigenvalue weighted by Crippen LogP contribution is 2.51. The van der Waals surface area contributed by atoms with Crippen molar-refractivity contribution in [3.63, 3.8) is 0 Å². The summed E-state index contributed by atoms with van der Waals surface area (Å²) in [5.74, 6) is -6.14. The Morgan fingerprint density at radius 2 is 1.89 bits per heavy atom. The number of benzene rings is 2. The van der Waals surface area contributed by atoms with Crippen molar-refractivity contribution in [2.75, 3.05) is 10.7 Å². The molecule has 1 heterocycles. The molecule has 0 aromatic heterocycles. The summed E-state index contributed by atoms with van der Waals surface area (Å²) in [7, 11) is 0. The molecule has 1 unspecified atom stereocenters. The van der Waals surface area contributed by atoms with Crippen molar-refractivity contribution >= 4 is 35.2 Å². The van der Waals surface area contributed by atoms with E-state index >= 15 is 4.39 Å². The fourth-order valence-corrected chi connectivity index (χ4v) is 5.12. The third kappa shape index (κ3) is 6.30. The Morgan fingerprint density at radius 1 is 1.24 bits per heavy atom. The summed E-state index contributed by atoms with van der Waals surface area (Å²) in [6, 6.07) is 9.80. The SMILES string of the molecule is CC(C)(C)OC(=O)N[C@H]1CSc2cc(F)c(C(=O)CC3CC3(F)F)cc2N(Cc2ccc(C#N)cc2)C1=O. The maximum absolute atomic E-state index is 15.0. The van der Waals surface area contributed by atoms with Crippen LogP contribution in [0.4, 0.5) is 23.7 Å². The molecule has 2 aromatic carbocycles. The molecule has 38 heavy (non-hydrogen) atoms. The lowest BCUT2D eigenvalue weighted by atomic mass is 10.0. The van der Waals surface area contributed by atoms with Gasteiger partial charge < -0.3 is 15.0 Å². The minimum absolute atomic E-state index is 0.00937. The van der Waals surface area contributed by atoms with Gasteiger partial charge in [0.05, 0.1) is 29.4 Å². The number of nitriles is 1. The van der Waals surface area contributed by atoms with Crippen molar-refractivity contribution in [2.45, 2.75) is 62.6 Å². The van der Waals surface area contributed by atoms with E-state index in [9.17, 15) is 23.2 Å². The molecule has 4 rings (SSSR count). The minimum atomic E-state index is -2.92. The van der Waals surface area contributed by atoms with Gasteiger partial charge in [0, 0.05) is 29.4 Å². The van der Waals surface area contributed by atoms with Gasteiger partial charge in [-0.15, -0.1) is 11.8 Å². The van der Waals surface area contributed by atoms with Crippen LogP contribution < -0.4 is 10.2 Å². The number of ether oxygens (including phenoxy) is 1. The van der Waals surface area contributed by atoms with E-state index in [1.165, 1.54) is 11.0 Å². The summed E-state index contributed by atoms with van der Waals surface area (Å²) in [5.41, 5.74) is 0.116. The average molecular weight is 546 g/mol. The van der Waals surface area contributed by atoms with Crippen LogP contribution in [0.15, 0.2) is 41.3 Å². The Kier molecular flexibility index (Phi) is 7.48. The largest absolute Gasteiger partial charge is 0.444 e. The van der Waals surface area contributed by atoms with Crippen LogP contribution in [-0.2, 0) is 16.1 Å². The van der Waals surface area contributed by atoms with E-state index in [-0.39, 0.29) is 23.5 Å². The molecule has 0 bridgehead atoms. The molecule has 2 aliphatic rings. The van der Waals surface area contributed by atoms with Gasteiger partial charge in [0.25, 0.3) is 11.8 Å². The topological polar surface area (TPSA) is 99.5 Å². The number of nitrogens with one attached hydrogen (secondary N) is 1. The van der Waals surface area contributed by atoms with E-state index in [1.54, 1.807) is 45.0 Å². The van der Waals surface area contributed by atoms with Gasteiger partial charge in [-0.1, -0.05) is 12.1 Å². The fourth-order valence-electron chi connectivity index (χ4n) is 4.04. The number of carbonyl (C=O) groups excluding carboxylic acids is 3. The van der Waals surface area contributed by atoms with Gasteiger partial charge in [-0.2, -0.15) is 5.26 Å². The van der Waals surface area contributed by atoms with Crippen LogP contribution in [-0.4, -0.2) is 41.1 Å². The number of nitrogens with zero attached hydrogens (tertiary/aromatic N) is 2. The smallest absolute Gasteiger partial charge is 0.408 e. The van der Waals surface area contributed by atoms with E-state index < -0.39 is 59.9 Å². The van der Waals surface area contributed by atoms with E-state index in [1.807, 2.05) is 6.07 Å². The van der Waals surface area contributed by atoms with Gasteiger partial charge in [-0.25, -0.2) is 18.0 Å². The molecule has 2 aromatic rings. The van der Waals surface area contributed by atoms with Crippen LogP contribution in [0.3, 0.4) is 0 Å². The molecule has 1 aliphatic heterocycles. The first kappa shape index (κ1) is 27.5. The molecule has 1 saturated carbocycles. The molecule has 2 amide bonds. The molecule has 1 N–H and O–H groups in total. The summed E-state index contributed by atoms with van der Waals surface area (Å²) in [5, 5.41) is 11.7. The summed E-state index contributed by atoms with van der Waals surface area (Å²) >= 11 is 1.12. The van der Waals surface area contributed by atoms with E-state index in [4.69, 9.17) is 10.00 Å². The van der Waals surface area contributed by atoms with Gasteiger partial charge in [0.15, 0.2) is 5.78 Å². The molecule has 2 atom stereocenters. The van der Waals surface area contributed by atoms with E-state index in [2.05, 4.69) is 5.32 Å². The van der Waals surface area contributed by atoms with Crippen molar-refractivity contribution in [1.29, 1.82) is 5.26 Å². The molecule has 200 valence electrons. The summed E-state index contributed by atoms with van der Waals surface area (Å²) < 4.78 is 47.1. The second-order valence-electron chi connectivity index (χ2n) is 10.3. The number of hydrogen-bond donors (Lipinski definition) is 1. The molecule has 0 spiro atoms. The Labute approximate surface area is 222 Å². The quantitative estimate of drug-likeness (QED) is 0.484. The van der Waals surface area contributed by atoms with Gasteiger partial charge in [0.1, 0.15) is 17.5 Å². The number of Topliss-reactive ketones (excluding diaryl/α,β-unsaturated/α-hetero) is 1. The van der Waals surface area contributed by atoms with Crippen molar-refractivity contribution in [1.82, 2.24) is 5.32 Å². The number of anilines is 1. The minimum Gasteiger partial charge on any atom is -0.444 e. The second-order valence-corrected chi connectivity index (χ2v) is 11.4. The fraction of sp³-hybridized carbons (Fsp3) is 0.407. The highest BCUT2D eigenvalue weighted by molar-refractivity contribution is 7.99. The van der Waals surface area contributed by atoms with E-state index in [0.717, 1.165) is 17.8 Å². The van der Waals surface area contributed by atoms with Crippen molar-refractivity contribution in [2.24, 2.45) is 5.92 Å². The number of hydrogen-bond acceptors (Lipinski definition) is 6. The summed E-state index contributed by atoms with van der Waals surface area (Å²) in [6.45, 7) is 5.04. The molecular weight excluding hydrogens is 519 g/mol. The predicted molar refractivity (Wildman–Crippen MR) is 135 cm³/mol. The first-order valence-corrected chi connectivity index (χ1v) is 12.9. The number of halogens is 3. The zero-order chi connectivity index (χ0) is 27.8. The Hall–Kier alpha value is -3.52. The van der Waals surface area contributed by atoms with Crippen LogP contribution in [0.1, 0.15) is 55.1 Å². The first-order chi connectivity index (χ1) is 17.8. The second kappa shape index (κ2) is 10.3. The van der Waals surface area contributed by atoms with Crippen molar-refractivity contribution in [3.05, 3.63) is 58.9 Å². The Balaban J connectivity index is 1.68. The average Bonchev–Trinajstić information content (AvgIpc) is 3.46. The Bertz CT molecular complexity index is 1320. The van der Waals surface area contributed by atoms with E-state index in [0.29, 0.717) is 16.0 Å². The number of alkyl carbamates (subject to hydrolysis) is 1. The molecular formula is C27H26F3N3O4S. The molecule has 0 radical (unpaired) electrons. The molecule has 1 fully saturated rings. The van der Waals surface area contributed by atoms with Gasteiger partial charge >= 0.3 is 6.09 Å². The maximum Gasteiger partial charge on any atom is 0.408 e. The number of carbonyl (C=O) groups is 3. The summed E-state index contributed by atoms with van der Waals surface area (Å²) in [6.07, 6.45) is -1.71. The molecule has 0 saturated heterocycles. The normalized spacial score (nSPS) is 20.1. The third-order valence-electron chi connectivity index (χ3n) is 6.11. The maximum atomic E-state index is 15.0. The number of alkyl halides is 2.